The minimum atomic E-state index is -0.945. The Bertz CT molecular complexity index is 1140. The number of para-hydroxylation sites is 1. The lowest BCUT2D eigenvalue weighted by Gasteiger charge is -2.62. The van der Waals surface area contributed by atoms with Crippen molar-refractivity contribution in [3.63, 3.8) is 0 Å². The third-order valence-electron chi connectivity index (χ3n) is 13.5. The molecule has 8 nitrogen and oxygen atoms in total. The van der Waals surface area contributed by atoms with Crippen LogP contribution in [-0.2, 0) is 0 Å². The lowest BCUT2D eigenvalue weighted by Crippen LogP contribution is -2.59. The van der Waals surface area contributed by atoms with Crippen molar-refractivity contribution in [2.24, 2.45) is 52.1 Å². The molecule has 1 aromatic carbocycles. The van der Waals surface area contributed by atoms with Gasteiger partial charge in [-0.3, -0.25) is 0 Å². The van der Waals surface area contributed by atoms with Crippen molar-refractivity contribution in [2.75, 3.05) is 45.9 Å². The lowest BCUT2D eigenvalue weighted by molar-refractivity contribution is -0.167. The highest BCUT2D eigenvalue weighted by molar-refractivity contribution is 5.90. The molecule has 10 atom stereocenters. The summed E-state index contributed by atoms with van der Waals surface area (Å²) in [5.74, 6) is 2.56. The van der Waals surface area contributed by atoms with Crippen molar-refractivity contribution >= 4 is 5.97 Å². The van der Waals surface area contributed by atoms with E-state index in [0.29, 0.717) is 59.3 Å². The van der Waals surface area contributed by atoms with Crippen LogP contribution in [0.4, 0.5) is 0 Å². The van der Waals surface area contributed by atoms with Crippen LogP contribution >= 0.6 is 0 Å². The fraction of sp³-hybridized carbons (Fsp3) is 0.821. The van der Waals surface area contributed by atoms with Gasteiger partial charge in [0.25, 0.3) is 0 Å². The maximum Gasteiger partial charge on any atom is 0.339 e. The molecule has 0 heterocycles. The van der Waals surface area contributed by atoms with Crippen molar-refractivity contribution in [2.45, 2.75) is 110 Å². The van der Waals surface area contributed by atoms with E-state index in [9.17, 15) is 15.0 Å². The number of aromatic carboxylic acids is 1. The summed E-state index contributed by atoms with van der Waals surface area (Å²) in [5, 5.41) is 32.4. The van der Waals surface area contributed by atoms with Gasteiger partial charge in [-0.2, -0.15) is 0 Å². The Labute approximate surface area is 284 Å². The van der Waals surface area contributed by atoms with E-state index in [0.717, 1.165) is 58.5 Å². The summed E-state index contributed by atoms with van der Waals surface area (Å²) in [7, 11) is 0. The Balaban J connectivity index is 1.07. The van der Waals surface area contributed by atoms with Crippen LogP contribution in [-0.4, -0.2) is 74.2 Å². The number of benzene rings is 1. The number of aliphatic hydroxyl groups excluding tert-OH is 1. The number of rotatable bonds is 18. The van der Waals surface area contributed by atoms with Crippen molar-refractivity contribution in [1.82, 2.24) is 16.0 Å². The molecule has 7 N–H and O–H groups in total. The molecule has 0 radical (unpaired) electrons. The van der Waals surface area contributed by atoms with Crippen LogP contribution in [0.1, 0.15) is 108 Å². The highest BCUT2D eigenvalue weighted by Crippen LogP contribution is 2.68. The van der Waals surface area contributed by atoms with Crippen molar-refractivity contribution in [3.05, 3.63) is 29.8 Å². The highest BCUT2D eigenvalue weighted by atomic mass is 16.5. The van der Waals surface area contributed by atoms with Gasteiger partial charge in [0.1, 0.15) is 11.3 Å². The second kappa shape index (κ2) is 16.8. The maximum absolute atomic E-state index is 11.8. The van der Waals surface area contributed by atoms with Crippen LogP contribution in [0.15, 0.2) is 24.3 Å². The molecule has 266 valence electrons. The standard InChI is InChI=1S/C39H66N4O4/c1-27(26-47-35-11-5-4-10-30(35)37(45)46)31-12-13-32-36-33(15-17-39(31,32)3)38(2)16-14-29(24-28(38)25-34(36)44)43-23-9-22-42-20-7-6-19-41-21-8-18-40/h4-5,10-11,27-29,31-34,36,41-44H,6-9,12-26,40H2,1-3H3,(H,45,46)/t27-,28+,29-,31?,32?,33?,34-,36?,38-,39+/m0/s1. The monoisotopic (exact) mass is 655 g/mol. The number of carboxylic acid groups (broad SMARTS) is 1. The topological polar surface area (TPSA) is 129 Å². The number of nitrogens with one attached hydrogen (secondary N) is 3. The van der Waals surface area contributed by atoms with Crippen LogP contribution < -0.4 is 26.4 Å². The molecule has 0 bridgehead atoms. The molecule has 0 aromatic heterocycles. The van der Waals surface area contributed by atoms with Gasteiger partial charge in [0.2, 0.25) is 0 Å². The van der Waals surface area contributed by atoms with Gasteiger partial charge in [0, 0.05) is 6.04 Å². The van der Waals surface area contributed by atoms with Gasteiger partial charge in [0.15, 0.2) is 0 Å². The number of carboxylic acids is 1. The Hall–Kier alpha value is -1.71. The molecule has 4 aliphatic rings. The van der Waals surface area contributed by atoms with Gasteiger partial charge < -0.3 is 36.6 Å². The zero-order valence-electron chi connectivity index (χ0n) is 29.7. The SMILES string of the molecule is C[C@@H](COc1ccccc1C(=O)O)C1CCC2C3C(CC[C@@]21C)[C@@]1(C)CC[C@H](NCCCNCCCCNCCCN)C[C@@H]1C[C@@H]3O. The molecule has 0 amide bonds. The largest absolute Gasteiger partial charge is 0.492 e. The highest BCUT2D eigenvalue weighted by Gasteiger charge is 2.63. The predicted molar refractivity (Wildman–Crippen MR) is 190 cm³/mol. The summed E-state index contributed by atoms with van der Waals surface area (Å²) in [5.41, 5.74) is 6.31. The second-order valence-electron chi connectivity index (χ2n) is 16.2. The Morgan fingerprint density at radius 2 is 1.60 bits per heavy atom. The number of aliphatic hydroxyl groups is 1. The number of nitrogens with two attached hydrogens (primary N) is 1. The van der Waals surface area contributed by atoms with Gasteiger partial charge in [0.05, 0.1) is 12.7 Å². The van der Waals surface area contributed by atoms with E-state index >= 15 is 0 Å². The summed E-state index contributed by atoms with van der Waals surface area (Å²) in [6, 6.07) is 7.55. The van der Waals surface area contributed by atoms with E-state index < -0.39 is 5.97 Å². The number of ether oxygens (including phenoxy) is 1. The van der Waals surface area contributed by atoms with Crippen LogP contribution in [0.3, 0.4) is 0 Å². The van der Waals surface area contributed by atoms with Crippen LogP contribution in [0, 0.1) is 46.3 Å². The number of carbonyl (C=O) groups is 1. The molecular weight excluding hydrogens is 588 g/mol. The Morgan fingerprint density at radius 3 is 2.34 bits per heavy atom. The van der Waals surface area contributed by atoms with Crippen LogP contribution in [0.25, 0.3) is 0 Å². The van der Waals surface area contributed by atoms with E-state index in [1.165, 1.54) is 57.8 Å². The smallest absolute Gasteiger partial charge is 0.339 e. The van der Waals surface area contributed by atoms with E-state index in [1.54, 1.807) is 18.2 Å². The molecule has 47 heavy (non-hydrogen) atoms. The number of hydrogen-bond donors (Lipinski definition) is 6. The summed E-state index contributed by atoms with van der Waals surface area (Å²) in [6.07, 6.45) is 14.0. The first-order valence-corrected chi connectivity index (χ1v) is 19.2. The fourth-order valence-electron chi connectivity index (χ4n) is 11.0. The average molecular weight is 655 g/mol. The predicted octanol–water partition coefficient (Wildman–Crippen LogP) is 5.69. The molecule has 4 unspecified atom stereocenters. The van der Waals surface area contributed by atoms with E-state index in [2.05, 4.69) is 36.7 Å². The van der Waals surface area contributed by atoms with Gasteiger partial charge in [-0.05, 0) is 175 Å². The zero-order chi connectivity index (χ0) is 33.4. The normalized spacial score (nSPS) is 35.5. The molecule has 0 saturated heterocycles. The van der Waals surface area contributed by atoms with Crippen molar-refractivity contribution < 1.29 is 19.7 Å². The average Bonchev–Trinajstić information content (AvgIpc) is 3.42. The van der Waals surface area contributed by atoms with Crippen molar-refractivity contribution in [1.29, 1.82) is 0 Å². The molecule has 5 rings (SSSR count). The molecule has 0 aliphatic heterocycles. The zero-order valence-corrected chi connectivity index (χ0v) is 29.7. The third-order valence-corrected chi connectivity index (χ3v) is 13.5. The Kier molecular flexibility index (Phi) is 13.1. The van der Waals surface area contributed by atoms with Crippen molar-refractivity contribution in [3.8, 4) is 5.75 Å². The first-order valence-electron chi connectivity index (χ1n) is 19.2. The molecule has 4 fully saturated rings. The second-order valence-corrected chi connectivity index (χ2v) is 16.2. The third kappa shape index (κ3) is 8.37. The van der Waals surface area contributed by atoms with Crippen LogP contribution in [0.5, 0.6) is 5.75 Å². The van der Waals surface area contributed by atoms with Crippen LogP contribution in [0.2, 0.25) is 0 Å². The number of hydrogen-bond acceptors (Lipinski definition) is 7. The van der Waals surface area contributed by atoms with E-state index in [1.807, 2.05) is 6.07 Å². The van der Waals surface area contributed by atoms with Gasteiger partial charge >= 0.3 is 5.97 Å². The Morgan fingerprint density at radius 1 is 0.915 bits per heavy atom. The summed E-state index contributed by atoms with van der Waals surface area (Å²) >= 11 is 0. The first kappa shape index (κ1) is 36.6. The molecule has 8 heteroatoms. The summed E-state index contributed by atoms with van der Waals surface area (Å²) in [6.45, 7) is 14.0. The van der Waals surface area contributed by atoms with Gasteiger partial charge in [-0.25, -0.2) is 4.79 Å². The fourth-order valence-corrected chi connectivity index (χ4v) is 11.0. The minimum absolute atomic E-state index is 0.200. The molecule has 4 aliphatic carbocycles. The first-order chi connectivity index (χ1) is 22.7. The summed E-state index contributed by atoms with van der Waals surface area (Å²) in [4.78, 5) is 11.7. The summed E-state index contributed by atoms with van der Waals surface area (Å²) < 4.78 is 6.15. The maximum atomic E-state index is 11.8. The van der Waals surface area contributed by atoms with Gasteiger partial charge in [-0.1, -0.05) is 32.9 Å². The minimum Gasteiger partial charge on any atom is -0.492 e. The molecule has 0 spiro atoms. The quantitative estimate of drug-likeness (QED) is 0.112. The van der Waals surface area contributed by atoms with E-state index in [-0.39, 0.29) is 17.1 Å². The number of fused-ring (bicyclic) bond motifs is 5. The molecular formula is C39H66N4O4. The van der Waals surface area contributed by atoms with Gasteiger partial charge in [-0.15, -0.1) is 0 Å². The number of unbranched alkanes of at least 4 members (excludes halogenated alkanes) is 1. The molecule has 4 saturated carbocycles. The van der Waals surface area contributed by atoms with E-state index in [4.69, 9.17) is 10.5 Å². The lowest BCUT2D eigenvalue weighted by atomic mass is 9.43. The molecule has 1 aromatic rings.